The largest absolute Gasteiger partial charge is 0.305 e. The summed E-state index contributed by atoms with van der Waals surface area (Å²) in [7, 11) is 0. The number of benzene rings is 2. The van der Waals surface area contributed by atoms with E-state index < -0.39 is 10.8 Å². The predicted molar refractivity (Wildman–Crippen MR) is 115 cm³/mol. The molecular weight excluding hydrogens is 462 g/mol. The van der Waals surface area contributed by atoms with E-state index >= 15 is 0 Å². The van der Waals surface area contributed by atoms with Crippen molar-refractivity contribution in [1.82, 2.24) is 4.57 Å². The van der Waals surface area contributed by atoms with Crippen molar-refractivity contribution in [2.24, 2.45) is 4.99 Å². The first-order valence-electron chi connectivity index (χ1n) is 7.95. The van der Waals surface area contributed by atoms with E-state index in [2.05, 4.69) is 26.8 Å². The molecular formula is C19H10BrN3O3S2. The Balaban J connectivity index is 1.81. The van der Waals surface area contributed by atoms with Gasteiger partial charge in [-0.2, -0.15) is 4.99 Å². The zero-order chi connectivity index (χ0) is 19.8. The monoisotopic (exact) mass is 471 g/mol. The number of nitrogens with zero attached hydrogens (tertiary/aromatic N) is 3. The molecule has 0 N–H and O–H groups in total. The Hall–Kier alpha value is -2.80. The van der Waals surface area contributed by atoms with Gasteiger partial charge in [-0.1, -0.05) is 33.2 Å². The molecule has 0 radical (unpaired) electrons. The Labute approximate surface area is 175 Å². The fourth-order valence-corrected chi connectivity index (χ4v) is 5.28. The molecule has 4 rings (SSSR count). The zero-order valence-corrected chi connectivity index (χ0v) is 17.3. The van der Waals surface area contributed by atoms with Crippen LogP contribution in [-0.2, 0) is 6.54 Å². The Bertz CT molecular complexity index is 1370. The van der Waals surface area contributed by atoms with Crippen LogP contribution in [0.4, 0.5) is 5.69 Å². The highest BCUT2D eigenvalue weighted by Crippen LogP contribution is 2.29. The molecule has 6 nitrogen and oxygen atoms in total. The van der Waals surface area contributed by atoms with Gasteiger partial charge in [0, 0.05) is 26.7 Å². The van der Waals surface area contributed by atoms with Crippen molar-refractivity contribution < 1.29 is 9.72 Å². The molecule has 4 aromatic rings. The molecule has 28 heavy (non-hydrogen) atoms. The molecule has 0 aliphatic heterocycles. The third-order valence-electron chi connectivity index (χ3n) is 4.01. The van der Waals surface area contributed by atoms with Crippen molar-refractivity contribution in [1.29, 1.82) is 0 Å². The highest BCUT2D eigenvalue weighted by Gasteiger charge is 2.14. The average molecular weight is 472 g/mol. The molecule has 0 bridgehead atoms. The van der Waals surface area contributed by atoms with Crippen molar-refractivity contribution >= 4 is 70.5 Å². The number of amides is 1. The molecule has 138 valence electrons. The van der Waals surface area contributed by atoms with E-state index in [1.165, 1.54) is 34.8 Å². The maximum atomic E-state index is 12.7. The van der Waals surface area contributed by atoms with Crippen LogP contribution in [0.25, 0.3) is 20.3 Å². The maximum Gasteiger partial charge on any atom is 0.289 e. The summed E-state index contributed by atoms with van der Waals surface area (Å²) in [6.45, 7) is 0.298. The predicted octanol–water partition coefficient (Wildman–Crippen LogP) is 4.96. The van der Waals surface area contributed by atoms with E-state index in [0.717, 1.165) is 19.4 Å². The van der Waals surface area contributed by atoms with Crippen LogP contribution in [0.1, 0.15) is 9.67 Å². The van der Waals surface area contributed by atoms with Crippen LogP contribution >= 0.6 is 38.6 Å². The minimum Gasteiger partial charge on any atom is -0.305 e. The van der Waals surface area contributed by atoms with Crippen LogP contribution in [-0.4, -0.2) is 15.4 Å². The van der Waals surface area contributed by atoms with Gasteiger partial charge in [0.2, 0.25) is 0 Å². The summed E-state index contributed by atoms with van der Waals surface area (Å²) in [5.41, 5.74) is 0.896. The number of non-ortho nitro benzene ring substituents is 1. The van der Waals surface area contributed by atoms with Crippen molar-refractivity contribution in [2.75, 3.05) is 0 Å². The Kier molecular flexibility index (Phi) is 4.85. The number of hydrogen-bond acceptors (Lipinski definition) is 5. The second-order valence-corrected chi connectivity index (χ2v) is 8.80. The third-order valence-corrected chi connectivity index (χ3v) is 6.65. The second kappa shape index (κ2) is 7.31. The topological polar surface area (TPSA) is 77.5 Å². The molecule has 9 heteroatoms. The number of fused-ring (bicyclic) bond motifs is 2. The third kappa shape index (κ3) is 3.38. The average Bonchev–Trinajstić information content (AvgIpc) is 3.22. The van der Waals surface area contributed by atoms with E-state index in [-0.39, 0.29) is 5.69 Å². The van der Waals surface area contributed by atoms with Gasteiger partial charge in [0.05, 0.1) is 26.6 Å². The summed E-state index contributed by atoms with van der Waals surface area (Å²) in [5.74, 6) is 2.19. The van der Waals surface area contributed by atoms with E-state index in [9.17, 15) is 14.9 Å². The molecule has 0 atom stereocenters. The number of hydrogen-bond donors (Lipinski definition) is 0. The first-order chi connectivity index (χ1) is 13.5. The number of nitro groups is 1. The molecule has 0 spiro atoms. The van der Waals surface area contributed by atoms with Crippen molar-refractivity contribution in [3.8, 4) is 12.3 Å². The minimum atomic E-state index is -0.457. The van der Waals surface area contributed by atoms with Gasteiger partial charge in [-0.25, -0.2) is 0 Å². The lowest BCUT2D eigenvalue weighted by atomic mass is 10.2. The summed E-state index contributed by atoms with van der Waals surface area (Å²) in [5, 5.41) is 11.6. The number of carbonyl (C=O) groups excluding carboxylic acids is 1. The van der Waals surface area contributed by atoms with E-state index in [1.807, 2.05) is 22.8 Å². The Morgan fingerprint density at radius 1 is 1.21 bits per heavy atom. The number of aromatic nitrogens is 1. The van der Waals surface area contributed by atoms with Crippen molar-refractivity contribution in [3.63, 3.8) is 0 Å². The molecule has 0 fully saturated rings. The molecule has 0 saturated carbocycles. The lowest BCUT2D eigenvalue weighted by Gasteiger charge is -1.99. The first kappa shape index (κ1) is 18.6. The summed E-state index contributed by atoms with van der Waals surface area (Å²) >= 11 is 6.08. The molecule has 0 aliphatic rings. The summed E-state index contributed by atoms with van der Waals surface area (Å²) in [6.07, 6.45) is 5.49. The van der Waals surface area contributed by atoms with E-state index in [4.69, 9.17) is 6.42 Å². The van der Waals surface area contributed by atoms with Gasteiger partial charge in [-0.15, -0.1) is 17.8 Å². The van der Waals surface area contributed by atoms with Crippen LogP contribution in [0.3, 0.4) is 0 Å². The van der Waals surface area contributed by atoms with Crippen LogP contribution in [0.2, 0.25) is 0 Å². The molecule has 0 saturated heterocycles. The summed E-state index contributed by atoms with van der Waals surface area (Å²) in [4.78, 5) is 28.4. The normalized spacial score (nSPS) is 11.8. The molecule has 1 amide bonds. The number of nitro benzene ring substituents is 1. The van der Waals surface area contributed by atoms with Gasteiger partial charge in [0.15, 0.2) is 4.80 Å². The van der Waals surface area contributed by atoms with Crippen molar-refractivity contribution in [2.45, 2.75) is 6.54 Å². The number of carbonyl (C=O) groups is 1. The van der Waals surface area contributed by atoms with Gasteiger partial charge in [0.1, 0.15) is 0 Å². The lowest BCUT2D eigenvalue weighted by molar-refractivity contribution is -0.384. The smallest absolute Gasteiger partial charge is 0.289 e. The second-order valence-electron chi connectivity index (χ2n) is 5.79. The fourth-order valence-electron chi connectivity index (χ4n) is 2.77. The van der Waals surface area contributed by atoms with Gasteiger partial charge >= 0.3 is 0 Å². The summed E-state index contributed by atoms with van der Waals surface area (Å²) < 4.78 is 4.50. The molecule has 2 heterocycles. The lowest BCUT2D eigenvalue weighted by Crippen LogP contribution is -2.16. The van der Waals surface area contributed by atoms with Crippen molar-refractivity contribution in [3.05, 3.63) is 66.7 Å². The first-order valence-corrected chi connectivity index (χ1v) is 10.4. The fraction of sp³-hybridized carbons (Fsp3) is 0.0526. The van der Waals surface area contributed by atoms with Gasteiger partial charge in [-0.05, 0) is 30.3 Å². The van der Waals surface area contributed by atoms with Crippen LogP contribution < -0.4 is 4.80 Å². The Morgan fingerprint density at radius 3 is 2.79 bits per heavy atom. The Morgan fingerprint density at radius 2 is 2.04 bits per heavy atom. The molecule has 2 aromatic carbocycles. The number of thiazole rings is 1. The highest BCUT2D eigenvalue weighted by molar-refractivity contribution is 9.10. The molecule has 2 aromatic heterocycles. The number of thiophene rings is 1. The molecule has 0 aliphatic carbocycles. The number of rotatable bonds is 3. The van der Waals surface area contributed by atoms with Crippen LogP contribution in [0.15, 0.2) is 51.9 Å². The van der Waals surface area contributed by atoms with Gasteiger partial charge in [0.25, 0.3) is 11.6 Å². The number of terminal acetylenes is 1. The minimum absolute atomic E-state index is 0.0109. The quantitative estimate of drug-likeness (QED) is 0.240. The zero-order valence-electron chi connectivity index (χ0n) is 14.1. The van der Waals surface area contributed by atoms with Gasteiger partial charge < -0.3 is 4.57 Å². The van der Waals surface area contributed by atoms with Gasteiger partial charge in [-0.3, -0.25) is 14.9 Å². The number of halogens is 1. The van der Waals surface area contributed by atoms with E-state index in [1.54, 1.807) is 12.1 Å². The van der Waals surface area contributed by atoms with Crippen LogP contribution in [0.5, 0.6) is 0 Å². The highest BCUT2D eigenvalue weighted by atomic mass is 79.9. The summed E-state index contributed by atoms with van der Waals surface area (Å²) in [6, 6.07) is 11.9. The van der Waals surface area contributed by atoms with E-state index in [0.29, 0.717) is 21.6 Å². The standard InChI is InChI=1S/C19H10BrN3O3S2/c1-2-7-22-14-5-3-12(20)10-16(14)28-19(22)21-18(24)17-9-11-8-13(23(25)26)4-6-15(11)27-17/h1,3-6,8-10H,7H2. The molecule has 0 unspecified atom stereocenters. The SMILES string of the molecule is C#CCn1c(=NC(=O)c2cc3cc([N+](=O)[O-])ccc3s2)sc2cc(Br)ccc21. The maximum absolute atomic E-state index is 12.7. The van der Waals surface area contributed by atoms with Crippen LogP contribution in [0, 0.1) is 22.5 Å².